The number of fused-ring (bicyclic) bond motifs is 5. The van der Waals surface area contributed by atoms with E-state index < -0.39 is 0 Å². The molecule has 5 rings (SSSR count). The van der Waals surface area contributed by atoms with Crippen LogP contribution in [0.5, 0.6) is 0 Å². The Labute approximate surface area is 174 Å². The van der Waals surface area contributed by atoms with Crippen LogP contribution in [-0.2, 0) is 6.42 Å². The van der Waals surface area contributed by atoms with Gasteiger partial charge in [0.2, 0.25) is 0 Å². The topological polar surface area (TPSA) is 54.7 Å². The fourth-order valence-electron chi connectivity index (χ4n) is 4.47. The highest BCUT2D eigenvalue weighted by Crippen LogP contribution is 2.39. The first-order chi connectivity index (χ1) is 13.6. The van der Waals surface area contributed by atoms with Crippen LogP contribution < -0.4 is 0 Å². The molecule has 1 aliphatic rings. The lowest BCUT2D eigenvalue weighted by Gasteiger charge is -2.12. The molecule has 148 valence electrons. The Bertz CT molecular complexity index is 1290. The summed E-state index contributed by atoms with van der Waals surface area (Å²) in [7, 11) is 4.15. The van der Waals surface area contributed by atoms with E-state index in [-0.39, 0.29) is 30.4 Å². The number of aromatic nitrogens is 2. The van der Waals surface area contributed by atoms with Crippen molar-refractivity contribution in [1.29, 1.82) is 0 Å². The van der Waals surface area contributed by atoms with Crippen LogP contribution >= 0.6 is 12.4 Å². The molecule has 4 aromatic rings. The van der Waals surface area contributed by atoms with Gasteiger partial charge in [0, 0.05) is 11.6 Å². The fourth-order valence-corrected chi connectivity index (χ4v) is 4.47. The normalized spacial score (nSPS) is 13.6. The van der Waals surface area contributed by atoms with Gasteiger partial charge in [-0.2, -0.15) is 0 Å². The van der Waals surface area contributed by atoms with Gasteiger partial charge in [0.1, 0.15) is 0 Å². The maximum atomic E-state index is 13.0. The molecule has 0 radical (unpaired) electrons. The average molecular weight is 408 g/mol. The molecule has 2 heterocycles. The summed E-state index contributed by atoms with van der Waals surface area (Å²) in [5, 5.41) is 3.15. The molecule has 0 bridgehead atoms. The quantitative estimate of drug-likeness (QED) is 0.472. The average Bonchev–Trinajstić information content (AvgIpc) is 3.03. The number of halogens is 1. The van der Waals surface area contributed by atoms with Gasteiger partial charge in [0.05, 0.1) is 34.9 Å². The molecule has 1 aliphatic carbocycles. The monoisotopic (exact) mass is 407 g/mol. The summed E-state index contributed by atoms with van der Waals surface area (Å²) in [6.45, 7) is 0.991. The predicted octanol–water partition coefficient (Wildman–Crippen LogP) is 4.33. The van der Waals surface area contributed by atoms with Crippen LogP contribution in [0.3, 0.4) is 0 Å². The van der Waals surface area contributed by atoms with Crippen LogP contribution in [0.15, 0.2) is 42.9 Å². The van der Waals surface area contributed by atoms with Crippen molar-refractivity contribution in [2.45, 2.75) is 19.3 Å². The third-order valence-electron chi connectivity index (χ3n) is 5.66. The standard InChI is InChI=1S/C23H21N3O2.ClH/c1-25(2)9-5-7-15-10-14-6-3-4-8-16(14)20-21-19(28)11-18(27)17-12-24-13-26(22(15)20)23(17)21;/h3-4,6,8,10,12-13H,5,7,9,11H2,1-2H3;1H. The zero-order valence-corrected chi connectivity index (χ0v) is 17.3. The third kappa shape index (κ3) is 2.93. The summed E-state index contributed by atoms with van der Waals surface area (Å²) >= 11 is 0. The van der Waals surface area contributed by atoms with E-state index in [0.29, 0.717) is 11.1 Å². The molecule has 0 spiro atoms. The van der Waals surface area contributed by atoms with E-state index in [0.717, 1.165) is 46.6 Å². The molecule has 0 saturated carbocycles. The first-order valence-corrected chi connectivity index (χ1v) is 9.59. The molecule has 0 fully saturated rings. The molecule has 0 saturated heterocycles. The van der Waals surface area contributed by atoms with Crippen molar-refractivity contribution < 1.29 is 9.59 Å². The number of hydrogen-bond donors (Lipinski definition) is 0. The first-order valence-electron chi connectivity index (χ1n) is 9.59. The summed E-state index contributed by atoms with van der Waals surface area (Å²) in [4.78, 5) is 31.9. The lowest BCUT2D eigenvalue weighted by Crippen LogP contribution is -2.16. The van der Waals surface area contributed by atoms with Crippen molar-refractivity contribution in [3.05, 3.63) is 59.5 Å². The van der Waals surface area contributed by atoms with Crippen molar-refractivity contribution in [2.24, 2.45) is 0 Å². The molecule has 0 unspecified atom stereocenters. The molecule has 6 heteroatoms. The van der Waals surface area contributed by atoms with E-state index in [1.54, 1.807) is 12.5 Å². The van der Waals surface area contributed by atoms with Gasteiger partial charge < -0.3 is 4.90 Å². The van der Waals surface area contributed by atoms with Gasteiger partial charge in [-0.1, -0.05) is 24.3 Å². The van der Waals surface area contributed by atoms with E-state index in [4.69, 9.17) is 0 Å². The van der Waals surface area contributed by atoms with Crippen LogP contribution in [0.25, 0.3) is 27.2 Å². The minimum Gasteiger partial charge on any atom is -0.309 e. The number of benzene rings is 2. The molecule has 5 nitrogen and oxygen atoms in total. The van der Waals surface area contributed by atoms with E-state index in [1.165, 1.54) is 5.56 Å². The highest BCUT2D eigenvalue weighted by molar-refractivity contribution is 6.32. The number of rotatable bonds is 4. The largest absolute Gasteiger partial charge is 0.309 e. The molecular weight excluding hydrogens is 386 g/mol. The number of carbonyl (C=O) groups is 2. The summed E-state index contributed by atoms with van der Waals surface area (Å²) in [5.74, 6) is -0.233. The Kier molecular flexibility index (Phi) is 4.89. The molecular formula is C23H22ClN3O2. The third-order valence-corrected chi connectivity index (χ3v) is 5.66. The summed E-state index contributed by atoms with van der Waals surface area (Å²) in [6.07, 6.45) is 5.17. The highest BCUT2D eigenvalue weighted by atomic mass is 35.5. The van der Waals surface area contributed by atoms with Gasteiger partial charge >= 0.3 is 0 Å². The van der Waals surface area contributed by atoms with Gasteiger partial charge in [0.25, 0.3) is 0 Å². The SMILES string of the molecule is CN(C)CCCc1cc2ccccc2c2c3c4c(cncn4c12)C(=O)CC3=O.Cl. The van der Waals surface area contributed by atoms with Gasteiger partial charge in [-0.3, -0.25) is 14.0 Å². The van der Waals surface area contributed by atoms with E-state index in [1.807, 2.05) is 16.5 Å². The minimum absolute atomic E-state index is 0. The van der Waals surface area contributed by atoms with Crippen molar-refractivity contribution in [2.75, 3.05) is 20.6 Å². The molecule has 29 heavy (non-hydrogen) atoms. The molecule has 2 aromatic carbocycles. The first kappa shape index (κ1) is 19.6. The number of hydrogen-bond acceptors (Lipinski definition) is 4. The Balaban J connectivity index is 0.00000205. The zero-order chi connectivity index (χ0) is 19.4. The van der Waals surface area contributed by atoms with Crippen LogP contribution in [0.2, 0.25) is 0 Å². The molecule has 0 amide bonds. The summed E-state index contributed by atoms with van der Waals surface area (Å²) in [5.41, 5.74) is 4.16. The Morgan fingerprint density at radius 1 is 1.10 bits per heavy atom. The van der Waals surface area contributed by atoms with E-state index >= 15 is 0 Å². The van der Waals surface area contributed by atoms with Gasteiger partial charge in [-0.05, 0) is 55.9 Å². The second kappa shape index (κ2) is 7.25. The van der Waals surface area contributed by atoms with Crippen molar-refractivity contribution in [3.8, 4) is 0 Å². The second-order valence-electron chi connectivity index (χ2n) is 7.81. The van der Waals surface area contributed by atoms with Crippen LogP contribution in [-0.4, -0.2) is 46.5 Å². The smallest absolute Gasteiger partial charge is 0.174 e. The number of ketones is 2. The van der Waals surface area contributed by atoms with Gasteiger partial charge in [-0.15, -0.1) is 12.4 Å². The van der Waals surface area contributed by atoms with E-state index in [9.17, 15) is 9.59 Å². The number of nitrogens with zero attached hydrogens (tertiary/aromatic N) is 3. The molecule has 0 N–H and O–H groups in total. The predicted molar refractivity (Wildman–Crippen MR) is 118 cm³/mol. The lowest BCUT2D eigenvalue weighted by molar-refractivity contribution is 0.0890. The highest BCUT2D eigenvalue weighted by Gasteiger charge is 2.31. The van der Waals surface area contributed by atoms with Crippen molar-refractivity contribution >= 4 is 51.2 Å². The Hall–Kier alpha value is -2.76. The van der Waals surface area contributed by atoms with Gasteiger partial charge in [0.15, 0.2) is 11.6 Å². The maximum absolute atomic E-state index is 13.0. The van der Waals surface area contributed by atoms with Crippen molar-refractivity contribution in [3.63, 3.8) is 0 Å². The van der Waals surface area contributed by atoms with Crippen LogP contribution in [0.1, 0.15) is 39.1 Å². The lowest BCUT2D eigenvalue weighted by atomic mass is 9.90. The second-order valence-corrected chi connectivity index (χ2v) is 7.81. The van der Waals surface area contributed by atoms with Gasteiger partial charge in [-0.25, -0.2) is 4.98 Å². The van der Waals surface area contributed by atoms with Crippen LogP contribution in [0.4, 0.5) is 0 Å². The maximum Gasteiger partial charge on any atom is 0.174 e. The Morgan fingerprint density at radius 2 is 1.90 bits per heavy atom. The number of aryl methyl sites for hydroxylation is 1. The summed E-state index contributed by atoms with van der Waals surface area (Å²) in [6, 6.07) is 10.4. The fraction of sp³-hybridized carbons (Fsp3) is 0.261. The Morgan fingerprint density at radius 3 is 2.69 bits per heavy atom. The molecule has 2 aromatic heterocycles. The van der Waals surface area contributed by atoms with Crippen LogP contribution in [0, 0.1) is 0 Å². The summed E-state index contributed by atoms with van der Waals surface area (Å²) < 4.78 is 1.96. The number of Topliss-reactive ketones (excluding diaryl/α,β-unsaturated/α-hetero) is 2. The molecule has 0 aliphatic heterocycles. The minimum atomic E-state index is -0.142. The van der Waals surface area contributed by atoms with E-state index in [2.05, 4.69) is 42.2 Å². The zero-order valence-electron chi connectivity index (χ0n) is 16.4. The number of carbonyl (C=O) groups excluding carboxylic acids is 2. The molecule has 0 atom stereocenters. The van der Waals surface area contributed by atoms with Crippen molar-refractivity contribution in [1.82, 2.24) is 14.3 Å².